The van der Waals surface area contributed by atoms with Gasteiger partial charge in [0, 0.05) is 0 Å². The molecule has 0 radical (unpaired) electrons. The van der Waals surface area contributed by atoms with E-state index >= 15 is 0 Å². The predicted octanol–water partition coefficient (Wildman–Crippen LogP) is 5.58. The minimum Gasteiger partial charge on any atom is -0.174 e. The zero-order valence-corrected chi connectivity index (χ0v) is 11.1. The van der Waals surface area contributed by atoms with Crippen molar-refractivity contribution < 1.29 is 8.78 Å². The summed E-state index contributed by atoms with van der Waals surface area (Å²) in [6.07, 6.45) is 1.88. The van der Waals surface area contributed by atoms with Gasteiger partial charge in [0.2, 0.25) is 0 Å². The van der Waals surface area contributed by atoms with Crippen LogP contribution >= 0.6 is 0 Å². The Morgan fingerprint density at radius 1 is 1.11 bits per heavy atom. The molecule has 0 heterocycles. The highest BCUT2D eigenvalue weighted by atomic mass is 19.3. The van der Waals surface area contributed by atoms with Gasteiger partial charge >= 0.3 is 0 Å². The summed E-state index contributed by atoms with van der Waals surface area (Å²) < 4.78 is 24.6. The molecular weight excluding hydrogens is 242 g/mol. The summed E-state index contributed by atoms with van der Waals surface area (Å²) in [6, 6.07) is 14.4. The average Bonchev–Trinajstić information content (AvgIpc) is 2.43. The van der Waals surface area contributed by atoms with Crippen LogP contribution in [-0.4, -0.2) is 0 Å². The zero-order chi connectivity index (χ0) is 13.7. The monoisotopic (exact) mass is 260 g/mol. The maximum absolute atomic E-state index is 12.3. The quantitative estimate of drug-likeness (QED) is 0.658. The number of hydrogen-bond donors (Lipinski definition) is 0. The van der Waals surface area contributed by atoms with Gasteiger partial charge in [-0.05, 0) is 47.6 Å². The molecule has 0 N–H and O–H groups in total. The molecule has 0 fully saturated rings. The van der Waals surface area contributed by atoms with E-state index in [-0.39, 0.29) is 5.92 Å². The summed E-state index contributed by atoms with van der Waals surface area (Å²) >= 11 is 0. The van der Waals surface area contributed by atoms with E-state index < -0.39 is 6.08 Å². The molecule has 1 atom stereocenters. The summed E-state index contributed by atoms with van der Waals surface area (Å²) in [4.78, 5) is 0. The minimum atomic E-state index is -1.57. The second-order valence-electron chi connectivity index (χ2n) is 4.80. The Labute approximate surface area is 112 Å². The zero-order valence-electron chi connectivity index (χ0n) is 11.1. The molecule has 0 saturated carbocycles. The standard InChI is InChI=1S/C17H18F2/c1-2-13(12-17(18)19)10-11-15-8-5-7-14-6-3-4-9-16(14)15/h3-9,12-13H,2,10-11H2,1H3. The molecule has 0 aliphatic rings. The molecule has 0 spiro atoms. The third-order valence-corrected chi connectivity index (χ3v) is 3.55. The number of allylic oxidation sites excluding steroid dienone is 1. The van der Waals surface area contributed by atoms with Crippen LogP contribution in [0.25, 0.3) is 10.8 Å². The molecule has 0 amide bonds. The summed E-state index contributed by atoms with van der Waals surface area (Å²) in [6.45, 7) is 1.95. The lowest BCUT2D eigenvalue weighted by molar-refractivity contribution is 0.403. The summed E-state index contributed by atoms with van der Waals surface area (Å²) in [5.74, 6) is -0.0380. The molecule has 2 heteroatoms. The Bertz CT molecular complexity index is 563. The van der Waals surface area contributed by atoms with Crippen LogP contribution in [0, 0.1) is 5.92 Å². The molecule has 0 aliphatic heterocycles. The van der Waals surface area contributed by atoms with Crippen molar-refractivity contribution in [3.63, 3.8) is 0 Å². The lowest BCUT2D eigenvalue weighted by Gasteiger charge is -2.11. The Morgan fingerprint density at radius 2 is 1.84 bits per heavy atom. The van der Waals surface area contributed by atoms with Gasteiger partial charge in [-0.15, -0.1) is 0 Å². The first-order valence-corrected chi connectivity index (χ1v) is 6.70. The smallest absolute Gasteiger partial charge is 0.174 e. The Kier molecular flexibility index (Phi) is 4.67. The Morgan fingerprint density at radius 3 is 2.58 bits per heavy atom. The third-order valence-electron chi connectivity index (χ3n) is 3.55. The summed E-state index contributed by atoms with van der Waals surface area (Å²) in [7, 11) is 0. The topological polar surface area (TPSA) is 0 Å². The fourth-order valence-corrected chi connectivity index (χ4v) is 2.43. The fourth-order valence-electron chi connectivity index (χ4n) is 2.43. The highest BCUT2D eigenvalue weighted by Crippen LogP contribution is 2.23. The van der Waals surface area contributed by atoms with Crippen LogP contribution in [0.1, 0.15) is 25.3 Å². The number of rotatable bonds is 5. The van der Waals surface area contributed by atoms with Crippen LogP contribution in [-0.2, 0) is 6.42 Å². The number of aryl methyl sites for hydroxylation is 1. The second-order valence-corrected chi connectivity index (χ2v) is 4.80. The Balaban J connectivity index is 2.15. The van der Waals surface area contributed by atoms with Crippen molar-refractivity contribution in [3.8, 4) is 0 Å². The van der Waals surface area contributed by atoms with Gasteiger partial charge < -0.3 is 0 Å². The van der Waals surface area contributed by atoms with E-state index in [9.17, 15) is 8.78 Å². The van der Waals surface area contributed by atoms with Crippen LogP contribution in [0.4, 0.5) is 8.78 Å². The van der Waals surface area contributed by atoms with E-state index in [1.165, 1.54) is 16.3 Å². The van der Waals surface area contributed by atoms with Gasteiger partial charge in [-0.25, -0.2) is 0 Å². The molecule has 1 unspecified atom stereocenters. The highest BCUT2D eigenvalue weighted by molar-refractivity contribution is 5.85. The van der Waals surface area contributed by atoms with E-state index in [0.717, 1.165) is 25.3 Å². The van der Waals surface area contributed by atoms with Crippen molar-refractivity contribution in [2.75, 3.05) is 0 Å². The number of fused-ring (bicyclic) bond motifs is 1. The molecule has 2 aromatic carbocycles. The number of halogens is 2. The maximum atomic E-state index is 12.3. The normalized spacial score (nSPS) is 12.4. The van der Waals surface area contributed by atoms with Crippen molar-refractivity contribution >= 4 is 10.8 Å². The van der Waals surface area contributed by atoms with Crippen molar-refractivity contribution in [1.82, 2.24) is 0 Å². The van der Waals surface area contributed by atoms with Gasteiger partial charge in [0.15, 0.2) is 0 Å². The lowest BCUT2D eigenvalue weighted by atomic mass is 9.94. The second kappa shape index (κ2) is 6.46. The minimum absolute atomic E-state index is 0.0380. The number of benzene rings is 2. The van der Waals surface area contributed by atoms with Crippen LogP contribution in [0.15, 0.2) is 54.6 Å². The fraction of sp³-hybridized carbons (Fsp3) is 0.294. The van der Waals surface area contributed by atoms with Crippen LogP contribution in [0.2, 0.25) is 0 Å². The van der Waals surface area contributed by atoms with Gasteiger partial charge in [0.25, 0.3) is 6.08 Å². The van der Waals surface area contributed by atoms with Gasteiger partial charge in [-0.1, -0.05) is 49.4 Å². The Hall–Kier alpha value is -1.70. The van der Waals surface area contributed by atoms with Gasteiger partial charge in [-0.2, -0.15) is 8.78 Å². The molecule has 0 saturated heterocycles. The van der Waals surface area contributed by atoms with Gasteiger partial charge in [0.1, 0.15) is 0 Å². The maximum Gasteiger partial charge on any atom is 0.266 e. The van der Waals surface area contributed by atoms with Gasteiger partial charge in [0.05, 0.1) is 0 Å². The number of hydrogen-bond acceptors (Lipinski definition) is 0. The molecular formula is C17H18F2. The van der Waals surface area contributed by atoms with Crippen LogP contribution in [0.5, 0.6) is 0 Å². The van der Waals surface area contributed by atoms with Crippen molar-refractivity contribution in [1.29, 1.82) is 0 Å². The van der Waals surface area contributed by atoms with E-state index in [2.05, 4.69) is 24.3 Å². The van der Waals surface area contributed by atoms with Crippen molar-refractivity contribution in [2.45, 2.75) is 26.2 Å². The van der Waals surface area contributed by atoms with E-state index in [1.54, 1.807) is 0 Å². The van der Waals surface area contributed by atoms with Gasteiger partial charge in [-0.3, -0.25) is 0 Å². The van der Waals surface area contributed by atoms with E-state index in [4.69, 9.17) is 0 Å². The average molecular weight is 260 g/mol. The molecule has 2 rings (SSSR count). The molecule has 0 nitrogen and oxygen atoms in total. The highest BCUT2D eigenvalue weighted by Gasteiger charge is 2.07. The first-order valence-electron chi connectivity index (χ1n) is 6.70. The predicted molar refractivity (Wildman–Crippen MR) is 76.3 cm³/mol. The molecule has 19 heavy (non-hydrogen) atoms. The SMILES string of the molecule is CCC(C=C(F)F)CCc1cccc2ccccc12. The molecule has 100 valence electrons. The van der Waals surface area contributed by atoms with E-state index in [0.29, 0.717) is 0 Å². The molecule has 0 bridgehead atoms. The molecule has 2 aromatic rings. The molecule has 0 aliphatic carbocycles. The van der Waals surface area contributed by atoms with Crippen molar-refractivity contribution in [3.05, 3.63) is 60.2 Å². The largest absolute Gasteiger partial charge is 0.266 e. The van der Waals surface area contributed by atoms with Crippen LogP contribution < -0.4 is 0 Å². The van der Waals surface area contributed by atoms with Crippen molar-refractivity contribution in [2.24, 2.45) is 5.92 Å². The first-order chi connectivity index (χ1) is 9.20. The molecule has 0 aromatic heterocycles. The van der Waals surface area contributed by atoms with Crippen LogP contribution in [0.3, 0.4) is 0 Å². The summed E-state index contributed by atoms with van der Waals surface area (Å²) in [5.41, 5.74) is 1.24. The van der Waals surface area contributed by atoms with E-state index in [1.807, 2.05) is 25.1 Å². The third kappa shape index (κ3) is 3.63. The summed E-state index contributed by atoms with van der Waals surface area (Å²) in [5, 5.41) is 2.44. The first kappa shape index (κ1) is 13.7. The lowest BCUT2D eigenvalue weighted by Crippen LogP contribution is -1.98.